The van der Waals surface area contributed by atoms with Crippen molar-refractivity contribution in [2.24, 2.45) is 5.84 Å². The van der Waals surface area contributed by atoms with Gasteiger partial charge in [0.2, 0.25) is 5.91 Å². The van der Waals surface area contributed by atoms with Crippen LogP contribution in [-0.4, -0.2) is 31.9 Å². The number of sulfonamides is 1. The molecule has 1 amide bonds. The zero-order chi connectivity index (χ0) is 14.6. The van der Waals surface area contributed by atoms with Gasteiger partial charge in [0.05, 0.1) is 5.69 Å². The number of nitrogens with two attached hydrogens (primary N) is 1. The molecule has 1 aromatic heterocycles. The SMILES string of the molecule is NNc1cccnc1S(=O)(=O)NCCC(=O)NC1CC1. The van der Waals surface area contributed by atoms with Crippen molar-refractivity contribution < 1.29 is 13.2 Å². The summed E-state index contributed by atoms with van der Waals surface area (Å²) in [7, 11) is -3.80. The highest BCUT2D eigenvalue weighted by Crippen LogP contribution is 2.18. The van der Waals surface area contributed by atoms with E-state index in [1.807, 2.05) is 0 Å². The molecule has 0 unspecified atom stereocenters. The molecule has 0 aliphatic heterocycles. The van der Waals surface area contributed by atoms with Gasteiger partial charge in [-0.05, 0) is 25.0 Å². The topological polar surface area (TPSA) is 126 Å². The second-order valence-electron chi connectivity index (χ2n) is 4.49. The van der Waals surface area contributed by atoms with Gasteiger partial charge in [0.25, 0.3) is 10.0 Å². The smallest absolute Gasteiger partial charge is 0.260 e. The Morgan fingerprint density at radius 1 is 1.45 bits per heavy atom. The van der Waals surface area contributed by atoms with E-state index in [-0.39, 0.29) is 35.6 Å². The van der Waals surface area contributed by atoms with E-state index in [1.165, 1.54) is 12.3 Å². The number of hydrogen-bond donors (Lipinski definition) is 4. The van der Waals surface area contributed by atoms with E-state index < -0.39 is 10.0 Å². The first kappa shape index (κ1) is 14.7. The number of rotatable bonds is 7. The Kier molecular flexibility index (Phi) is 4.53. The number of carbonyl (C=O) groups is 1. The van der Waals surface area contributed by atoms with E-state index in [2.05, 4.69) is 20.4 Å². The molecule has 1 fully saturated rings. The fourth-order valence-corrected chi connectivity index (χ4v) is 2.73. The largest absolute Gasteiger partial charge is 0.353 e. The lowest BCUT2D eigenvalue weighted by molar-refractivity contribution is -0.121. The first-order valence-electron chi connectivity index (χ1n) is 6.23. The van der Waals surface area contributed by atoms with E-state index in [9.17, 15) is 13.2 Å². The van der Waals surface area contributed by atoms with Gasteiger partial charge in [0.1, 0.15) is 0 Å². The molecule has 20 heavy (non-hydrogen) atoms. The average molecular weight is 299 g/mol. The van der Waals surface area contributed by atoms with E-state index >= 15 is 0 Å². The Morgan fingerprint density at radius 3 is 2.85 bits per heavy atom. The van der Waals surface area contributed by atoms with Crippen molar-refractivity contribution in [2.45, 2.75) is 30.3 Å². The third-order valence-electron chi connectivity index (χ3n) is 2.77. The molecule has 9 heteroatoms. The summed E-state index contributed by atoms with van der Waals surface area (Å²) in [5, 5.41) is 2.59. The second kappa shape index (κ2) is 6.16. The Morgan fingerprint density at radius 2 is 2.20 bits per heavy atom. The maximum absolute atomic E-state index is 12.0. The summed E-state index contributed by atoms with van der Waals surface area (Å²) in [4.78, 5) is 15.2. The summed E-state index contributed by atoms with van der Waals surface area (Å²) in [6, 6.07) is 3.33. The predicted octanol–water partition coefficient (Wildman–Crippen LogP) is -0.686. The van der Waals surface area contributed by atoms with Crippen molar-refractivity contribution in [3.8, 4) is 0 Å². The Labute approximate surface area is 117 Å². The molecule has 8 nitrogen and oxygen atoms in total. The van der Waals surface area contributed by atoms with Crippen LogP contribution in [0.3, 0.4) is 0 Å². The molecular weight excluding hydrogens is 282 g/mol. The van der Waals surface area contributed by atoms with Gasteiger partial charge in [-0.3, -0.25) is 10.6 Å². The van der Waals surface area contributed by atoms with Crippen LogP contribution in [0.25, 0.3) is 0 Å². The molecule has 0 spiro atoms. The van der Waals surface area contributed by atoms with Crippen molar-refractivity contribution in [1.29, 1.82) is 0 Å². The molecule has 1 aliphatic carbocycles. The number of amides is 1. The molecule has 1 aromatic rings. The van der Waals surface area contributed by atoms with Crippen LogP contribution < -0.4 is 21.3 Å². The van der Waals surface area contributed by atoms with Crippen LogP contribution in [0.4, 0.5) is 5.69 Å². The number of hydrazine groups is 1. The van der Waals surface area contributed by atoms with Crippen LogP contribution in [0.1, 0.15) is 19.3 Å². The van der Waals surface area contributed by atoms with Gasteiger partial charge in [-0.15, -0.1) is 0 Å². The molecule has 2 rings (SSSR count). The lowest BCUT2D eigenvalue weighted by atomic mass is 10.4. The van der Waals surface area contributed by atoms with Crippen molar-refractivity contribution >= 4 is 21.6 Å². The highest BCUT2D eigenvalue weighted by atomic mass is 32.2. The van der Waals surface area contributed by atoms with E-state index in [4.69, 9.17) is 5.84 Å². The highest BCUT2D eigenvalue weighted by Gasteiger charge is 2.24. The number of pyridine rings is 1. The van der Waals surface area contributed by atoms with Crippen LogP contribution in [0, 0.1) is 0 Å². The summed E-state index contributed by atoms with van der Waals surface area (Å²) < 4.78 is 26.4. The third kappa shape index (κ3) is 3.89. The van der Waals surface area contributed by atoms with Gasteiger partial charge >= 0.3 is 0 Å². The average Bonchev–Trinajstić information content (AvgIpc) is 3.22. The molecular formula is C11H17N5O3S. The van der Waals surface area contributed by atoms with E-state index in [0.29, 0.717) is 0 Å². The molecule has 5 N–H and O–H groups in total. The number of carbonyl (C=O) groups excluding carboxylic acids is 1. The molecule has 0 aromatic carbocycles. The summed E-state index contributed by atoms with van der Waals surface area (Å²) >= 11 is 0. The minimum atomic E-state index is -3.80. The van der Waals surface area contributed by atoms with Crippen LogP contribution in [0.5, 0.6) is 0 Å². The Hall–Kier alpha value is -1.71. The van der Waals surface area contributed by atoms with Crippen molar-refractivity contribution in [3.63, 3.8) is 0 Å². The first-order valence-corrected chi connectivity index (χ1v) is 7.72. The maximum atomic E-state index is 12.0. The normalized spacial score (nSPS) is 14.8. The molecule has 1 heterocycles. The van der Waals surface area contributed by atoms with Crippen molar-refractivity contribution in [3.05, 3.63) is 18.3 Å². The van der Waals surface area contributed by atoms with E-state index in [0.717, 1.165) is 12.8 Å². The van der Waals surface area contributed by atoms with Crippen LogP contribution in [-0.2, 0) is 14.8 Å². The van der Waals surface area contributed by atoms with Gasteiger partial charge in [0, 0.05) is 25.2 Å². The van der Waals surface area contributed by atoms with E-state index in [1.54, 1.807) is 6.07 Å². The van der Waals surface area contributed by atoms with Gasteiger partial charge in [-0.25, -0.2) is 18.1 Å². The molecule has 0 saturated heterocycles. The van der Waals surface area contributed by atoms with Crippen LogP contribution in [0.15, 0.2) is 23.4 Å². The quantitative estimate of drug-likeness (QED) is 0.390. The minimum absolute atomic E-state index is 0.0153. The standard InChI is InChI=1S/C11H17N5O3S/c12-16-9-2-1-6-13-11(9)20(18,19)14-7-5-10(17)15-8-3-4-8/h1-2,6,8,14,16H,3-5,7,12H2,(H,15,17). The summed E-state index contributed by atoms with van der Waals surface area (Å²) in [5.41, 5.74) is 2.47. The highest BCUT2D eigenvalue weighted by molar-refractivity contribution is 7.89. The number of aromatic nitrogens is 1. The number of anilines is 1. The Bertz CT molecular complexity index is 585. The third-order valence-corrected chi connectivity index (χ3v) is 4.19. The molecule has 0 bridgehead atoms. The zero-order valence-corrected chi connectivity index (χ0v) is 11.6. The monoisotopic (exact) mass is 299 g/mol. The lowest BCUT2D eigenvalue weighted by Crippen LogP contribution is -2.32. The van der Waals surface area contributed by atoms with Crippen LogP contribution >= 0.6 is 0 Å². The van der Waals surface area contributed by atoms with Crippen LogP contribution in [0.2, 0.25) is 0 Å². The molecule has 0 radical (unpaired) electrons. The van der Waals surface area contributed by atoms with Crippen molar-refractivity contribution in [1.82, 2.24) is 15.0 Å². The number of nitrogen functional groups attached to an aromatic ring is 1. The zero-order valence-electron chi connectivity index (χ0n) is 10.8. The Balaban J connectivity index is 1.91. The molecule has 110 valence electrons. The number of hydrogen-bond acceptors (Lipinski definition) is 6. The van der Waals surface area contributed by atoms with Crippen molar-refractivity contribution in [2.75, 3.05) is 12.0 Å². The van der Waals surface area contributed by atoms with Gasteiger partial charge in [-0.1, -0.05) is 0 Å². The lowest BCUT2D eigenvalue weighted by Gasteiger charge is -2.09. The fraction of sp³-hybridized carbons (Fsp3) is 0.455. The van der Waals surface area contributed by atoms with Gasteiger partial charge in [-0.2, -0.15) is 0 Å². The first-order chi connectivity index (χ1) is 9.53. The molecule has 0 atom stereocenters. The second-order valence-corrected chi connectivity index (χ2v) is 6.17. The minimum Gasteiger partial charge on any atom is -0.353 e. The number of nitrogens with zero attached hydrogens (tertiary/aromatic N) is 1. The number of nitrogens with one attached hydrogen (secondary N) is 3. The molecule has 1 saturated carbocycles. The van der Waals surface area contributed by atoms with Gasteiger partial charge in [0.15, 0.2) is 5.03 Å². The predicted molar refractivity (Wildman–Crippen MR) is 73.0 cm³/mol. The van der Waals surface area contributed by atoms with Gasteiger partial charge < -0.3 is 10.7 Å². The summed E-state index contributed by atoms with van der Waals surface area (Å²) in [5.74, 6) is 5.08. The summed E-state index contributed by atoms with van der Waals surface area (Å²) in [6.45, 7) is 0.0153. The molecule has 1 aliphatic rings. The maximum Gasteiger partial charge on any atom is 0.260 e. The fourth-order valence-electron chi connectivity index (χ4n) is 1.61. The summed E-state index contributed by atoms with van der Waals surface area (Å²) in [6.07, 6.45) is 3.44.